The molecule has 3 rings (SSSR count). The lowest BCUT2D eigenvalue weighted by Gasteiger charge is -2.30. The van der Waals surface area contributed by atoms with Crippen molar-refractivity contribution < 1.29 is 4.79 Å². The zero-order chi connectivity index (χ0) is 14.8. The smallest absolute Gasteiger partial charge is 0.276 e. The number of nitrogens with zero attached hydrogens (tertiary/aromatic N) is 3. The van der Waals surface area contributed by atoms with Crippen molar-refractivity contribution in [1.82, 2.24) is 14.7 Å². The van der Waals surface area contributed by atoms with E-state index in [0.29, 0.717) is 23.5 Å². The summed E-state index contributed by atoms with van der Waals surface area (Å²) in [5.41, 5.74) is 7.01. The molecule has 116 valence electrons. The highest BCUT2D eigenvalue weighted by molar-refractivity contribution is 5.97. The van der Waals surface area contributed by atoms with Gasteiger partial charge >= 0.3 is 0 Å². The van der Waals surface area contributed by atoms with E-state index in [-0.39, 0.29) is 5.91 Å². The second-order valence-corrected chi connectivity index (χ2v) is 6.56. The maximum Gasteiger partial charge on any atom is 0.276 e. The molecule has 21 heavy (non-hydrogen) atoms. The van der Waals surface area contributed by atoms with Crippen molar-refractivity contribution in [2.45, 2.75) is 69.9 Å². The number of hydrogen-bond acceptors (Lipinski definition) is 3. The highest BCUT2D eigenvalue weighted by atomic mass is 16.2. The molecule has 2 fully saturated rings. The summed E-state index contributed by atoms with van der Waals surface area (Å²) < 4.78 is 1.92. The van der Waals surface area contributed by atoms with E-state index in [4.69, 9.17) is 5.73 Å². The molecule has 0 aromatic carbocycles. The van der Waals surface area contributed by atoms with E-state index in [2.05, 4.69) is 5.10 Å². The average Bonchev–Trinajstić information content (AvgIpc) is 3.16. The fraction of sp³-hybridized carbons (Fsp3) is 0.750. The van der Waals surface area contributed by atoms with Crippen LogP contribution in [0, 0.1) is 0 Å². The third-order valence-electron chi connectivity index (χ3n) is 5.10. The van der Waals surface area contributed by atoms with Crippen molar-refractivity contribution >= 4 is 11.6 Å². The van der Waals surface area contributed by atoms with Gasteiger partial charge < -0.3 is 10.6 Å². The Morgan fingerprint density at radius 3 is 2.48 bits per heavy atom. The maximum atomic E-state index is 12.7. The van der Waals surface area contributed by atoms with Gasteiger partial charge in [0.05, 0.1) is 11.7 Å². The fourth-order valence-corrected chi connectivity index (χ4v) is 3.73. The molecule has 0 radical (unpaired) electrons. The molecular formula is C16H26N4O. The number of nitrogen functional groups attached to an aromatic ring is 1. The van der Waals surface area contributed by atoms with E-state index in [1.54, 1.807) is 0 Å². The quantitative estimate of drug-likeness (QED) is 0.930. The molecule has 2 aliphatic rings. The Morgan fingerprint density at radius 2 is 1.81 bits per heavy atom. The molecule has 5 nitrogen and oxygen atoms in total. The minimum absolute atomic E-state index is 0.0175. The molecule has 0 aliphatic heterocycles. The van der Waals surface area contributed by atoms with Gasteiger partial charge in [-0.3, -0.25) is 9.48 Å². The molecule has 1 aromatic heterocycles. The highest BCUT2D eigenvalue weighted by Crippen LogP contribution is 2.30. The molecule has 1 amide bonds. The summed E-state index contributed by atoms with van der Waals surface area (Å²) in [6.07, 6.45) is 12.6. The Labute approximate surface area is 126 Å². The number of carbonyl (C=O) groups is 1. The molecule has 0 spiro atoms. The summed E-state index contributed by atoms with van der Waals surface area (Å²) in [6, 6.07) is 0.774. The van der Waals surface area contributed by atoms with Crippen molar-refractivity contribution in [1.29, 1.82) is 0 Å². The SMILES string of the molecule is CN(C(=O)c1nn(C2CCCC2)cc1N)C1CCCCC1. The second kappa shape index (κ2) is 6.08. The predicted octanol–water partition coefficient (Wildman–Crippen LogP) is 2.99. The Hall–Kier alpha value is -1.52. The monoisotopic (exact) mass is 290 g/mol. The molecule has 2 N–H and O–H groups in total. The minimum Gasteiger partial charge on any atom is -0.396 e. The van der Waals surface area contributed by atoms with Gasteiger partial charge in [-0.1, -0.05) is 32.1 Å². The molecule has 2 saturated carbocycles. The number of amides is 1. The summed E-state index contributed by atoms with van der Waals surface area (Å²) in [5.74, 6) is -0.0175. The van der Waals surface area contributed by atoms with Gasteiger partial charge in [0.25, 0.3) is 5.91 Å². The summed E-state index contributed by atoms with van der Waals surface area (Å²) >= 11 is 0. The molecule has 1 aromatic rings. The Balaban J connectivity index is 1.74. The number of anilines is 1. The highest BCUT2D eigenvalue weighted by Gasteiger charge is 2.27. The van der Waals surface area contributed by atoms with Crippen LogP contribution < -0.4 is 5.73 Å². The Bertz CT molecular complexity index is 498. The molecule has 0 atom stereocenters. The van der Waals surface area contributed by atoms with Gasteiger partial charge in [-0.15, -0.1) is 0 Å². The fourth-order valence-electron chi connectivity index (χ4n) is 3.73. The van der Waals surface area contributed by atoms with Crippen LogP contribution in [-0.4, -0.2) is 33.7 Å². The Kier molecular flexibility index (Phi) is 4.17. The van der Waals surface area contributed by atoms with E-state index in [1.807, 2.05) is 22.8 Å². The van der Waals surface area contributed by atoms with Crippen LogP contribution in [0.25, 0.3) is 0 Å². The van der Waals surface area contributed by atoms with E-state index in [0.717, 1.165) is 25.7 Å². The molecule has 2 aliphatic carbocycles. The van der Waals surface area contributed by atoms with E-state index < -0.39 is 0 Å². The van der Waals surface area contributed by atoms with Gasteiger partial charge in [0.15, 0.2) is 5.69 Å². The van der Waals surface area contributed by atoms with E-state index in [1.165, 1.54) is 32.1 Å². The standard InChI is InChI=1S/C16H26N4O/c1-19(12-7-3-2-4-8-12)16(21)15-14(17)11-20(18-15)13-9-5-6-10-13/h11-13H,2-10,17H2,1H3. The summed E-state index contributed by atoms with van der Waals surface area (Å²) in [4.78, 5) is 14.5. The average molecular weight is 290 g/mol. The predicted molar refractivity (Wildman–Crippen MR) is 83.1 cm³/mol. The first-order valence-electron chi connectivity index (χ1n) is 8.28. The van der Waals surface area contributed by atoms with Crippen molar-refractivity contribution in [3.63, 3.8) is 0 Å². The normalized spacial score (nSPS) is 20.8. The number of nitrogens with two attached hydrogens (primary N) is 1. The molecule has 0 saturated heterocycles. The molecule has 0 unspecified atom stereocenters. The number of carbonyl (C=O) groups excluding carboxylic acids is 1. The lowest BCUT2D eigenvalue weighted by molar-refractivity contribution is 0.0690. The third-order valence-corrected chi connectivity index (χ3v) is 5.10. The first kappa shape index (κ1) is 14.4. The summed E-state index contributed by atoms with van der Waals surface area (Å²) in [7, 11) is 1.90. The zero-order valence-corrected chi connectivity index (χ0v) is 12.9. The van der Waals surface area contributed by atoms with Gasteiger partial charge in [0, 0.05) is 19.3 Å². The van der Waals surface area contributed by atoms with Crippen LogP contribution in [0.5, 0.6) is 0 Å². The van der Waals surface area contributed by atoms with Gasteiger partial charge in [-0.05, 0) is 25.7 Å². The van der Waals surface area contributed by atoms with Gasteiger partial charge in [-0.2, -0.15) is 5.10 Å². The van der Waals surface area contributed by atoms with E-state index >= 15 is 0 Å². The van der Waals surface area contributed by atoms with Crippen molar-refractivity contribution in [2.24, 2.45) is 0 Å². The third kappa shape index (κ3) is 2.92. The molecule has 5 heteroatoms. The largest absolute Gasteiger partial charge is 0.396 e. The maximum absolute atomic E-state index is 12.7. The van der Waals surface area contributed by atoms with Crippen LogP contribution in [0.3, 0.4) is 0 Å². The van der Waals surface area contributed by atoms with Crippen molar-refractivity contribution in [3.8, 4) is 0 Å². The van der Waals surface area contributed by atoms with E-state index in [9.17, 15) is 4.79 Å². The molecular weight excluding hydrogens is 264 g/mol. The summed E-state index contributed by atoms with van der Waals surface area (Å²) in [5, 5.41) is 4.51. The Morgan fingerprint density at radius 1 is 1.19 bits per heavy atom. The van der Waals surface area contributed by atoms with Crippen molar-refractivity contribution in [2.75, 3.05) is 12.8 Å². The van der Waals surface area contributed by atoms with Crippen LogP contribution in [0.1, 0.15) is 74.3 Å². The van der Waals surface area contributed by atoms with Crippen molar-refractivity contribution in [3.05, 3.63) is 11.9 Å². The molecule has 0 bridgehead atoms. The number of aromatic nitrogens is 2. The second-order valence-electron chi connectivity index (χ2n) is 6.56. The number of hydrogen-bond donors (Lipinski definition) is 1. The lowest BCUT2D eigenvalue weighted by atomic mass is 9.94. The lowest BCUT2D eigenvalue weighted by Crippen LogP contribution is -2.38. The minimum atomic E-state index is -0.0175. The number of rotatable bonds is 3. The van der Waals surface area contributed by atoms with Gasteiger partial charge in [0.1, 0.15) is 0 Å². The topological polar surface area (TPSA) is 64.2 Å². The van der Waals surface area contributed by atoms with Crippen LogP contribution >= 0.6 is 0 Å². The van der Waals surface area contributed by atoms with Crippen LogP contribution in [0.2, 0.25) is 0 Å². The first-order valence-corrected chi connectivity index (χ1v) is 8.28. The van der Waals surface area contributed by atoms with Gasteiger partial charge in [-0.25, -0.2) is 0 Å². The van der Waals surface area contributed by atoms with Crippen LogP contribution in [0.4, 0.5) is 5.69 Å². The zero-order valence-electron chi connectivity index (χ0n) is 12.9. The first-order chi connectivity index (χ1) is 10.2. The summed E-state index contributed by atoms with van der Waals surface area (Å²) in [6.45, 7) is 0. The molecule has 1 heterocycles. The van der Waals surface area contributed by atoms with Crippen LogP contribution in [-0.2, 0) is 0 Å². The van der Waals surface area contributed by atoms with Gasteiger partial charge in [0.2, 0.25) is 0 Å². The van der Waals surface area contributed by atoms with Crippen LogP contribution in [0.15, 0.2) is 6.20 Å².